The molecule has 0 spiro atoms. The van der Waals surface area contributed by atoms with E-state index >= 15 is 0 Å². The maximum Gasteiger partial charge on any atom is 0.347 e. The van der Waals surface area contributed by atoms with Crippen molar-refractivity contribution in [3.8, 4) is 11.8 Å². The minimum atomic E-state index is -2.13. The highest BCUT2D eigenvalue weighted by Gasteiger charge is 2.56. The van der Waals surface area contributed by atoms with E-state index < -0.39 is 41.9 Å². The summed E-state index contributed by atoms with van der Waals surface area (Å²) >= 11 is 0. The maximum atomic E-state index is 11.7. The van der Waals surface area contributed by atoms with Crippen LogP contribution in [0.1, 0.15) is 13.2 Å². The zero-order valence-corrected chi connectivity index (χ0v) is 10.5. The maximum absolute atomic E-state index is 11.7. The van der Waals surface area contributed by atoms with Gasteiger partial charge in [0.2, 0.25) is 5.60 Å². The highest BCUT2D eigenvalue weighted by molar-refractivity contribution is 5.21. The molecule has 4 N–H and O–H groups in total. The molecule has 0 aliphatic carbocycles. The van der Waals surface area contributed by atoms with Crippen molar-refractivity contribution in [2.45, 2.75) is 31.0 Å². The first-order valence-corrected chi connectivity index (χ1v) is 5.73. The molecule has 9 heteroatoms. The highest BCUT2D eigenvalue weighted by atomic mass is 16.6. The summed E-state index contributed by atoms with van der Waals surface area (Å²) in [7, 11) is 0. The second kappa shape index (κ2) is 5.18. The summed E-state index contributed by atoms with van der Waals surface area (Å²) in [5, 5.41) is 33.0. The van der Waals surface area contributed by atoms with Gasteiger partial charge < -0.3 is 20.1 Å². The molecule has 108 valence electrons. The molecule has 1 aliphatic rings. The summed E-state index contributed by atoms with van der Waals surface area (Å²) in [6, 6.07) is 0. The second-order valence-corrected chi connectivity index (χ2v) is 4.24. The normalized spacial score (nSPS) is 32.7. The fourth-order valence-corrected chi connectivity index (χ4v) is 2.03. The third-order valence-electron chi connectivity index (χ3n) is 2.95. The van der Waals surface area contributed by atoms with E-state index in [9.17, 15) is 19.8 Å². The minimum absolute atomic E-state index is 0.580. The SMILES string of the molecule is CC#CC1(O)[C@@H](O)[C@@H](CO)O[C@H]1n1ncc(=O)[nH]c1=O. The van der Waals surface area contributed by atoms with Crippen LogP contribution in [-0.4, -0.2) is 54.5 Å². The lowest BCUT2D eigenvalue weighted by molar-refractivity contribution is -0.0838. The van der Waals surface area contributed by atoms with E-state index in [-0.39, 0.29) is 0 Å². The first-order chi connectivity index (χ1) is 9.43. The smallest absolute Gasteiger partial charge is 0.347 e. The molecule has 20 heavy (non-hydrogen) atoms. The number of ether oxygens (including phenoxy) is 1. The molecule has 1 aliphatic heterocycles. The van der Waals surface area contributed by atoms with Crippen LogP contribution in [0.15, 0.2) is 15.8 Å². The van der Waals surface area contributed by atoms with E-state index in [1.165, 1.54) is 6.92 Å². The molecule has 1 unspecified atom stereocenters. The zero-order chi connectivity index (χ0) is 14.9. The lowest BCUT2D eigenvalue weighted by Crippen LogP contribution is -2.49. The zero-order valence-electron chi connectivity index (χ0n) is 10.5. The fraction of sp³-hybridized carbons (Fsp3) is 0.545. The van der Waals surface area contributed by atoms with Gasteiger partial charge >= 0.3 is 5.69 Å². The summed E-state index contributed by atoms with van der Waals surface area (Å²) in [4.78, 5) is 24.6. The van der Waals surface area contributed by atoms with Crippen molar-refractivity contribution in [1.29, 1.82) is 0 Å². The largest absolute Gasteiger partial charge is 0.394 e. The molecule has 0 aromatic carbocycles. The van der Waals surface area contributed by atoms with Crippen molar-refractivity contribution >= 4 is 0 Å². The molecule has 0 saturated carbocycles. The van der Waals surface area contributed by atoms with Crippen LogP contribution in [0.2, 0.25) is 0 Å². The summed E-state index contributed by atoms with van der Waals surface area (Å²) in [5.41, 5.74) is -3.77. The van der Waals surface area contributed by atoms with Crippen LogP contribution in [0.4, 0.5) is 0 Å². The van der Waals surface area contributed by atoms with Gasteiger partial charge in [0, 0.05) is 0 Å². The van der Waals surface area contributed by atoms with Crippen LogP contribution >= 0.6 is 0 Å². The van der Waals surface area contributed by atoms with Crippen LogP contribution in [0.3, 0.4) is 0 Å². The molecule has 0 amide bonds. The quantitative estimate of drug-likeness (QED) is 0.423. The van der Waals surface area contributed by atoms with Gasteiger partial charge in [0.25, 0.3) is 5.56 Å². The Kier molecular flexibility index (Phi) is 3.74. The summed E-state index contributed by atoms with van der Waals surface area (Å²) < 4.78 is 5.88. The highest BCUT2D eigenvalue weighted by Crippen LogP contribution is 2.36. The van der Waals surface area contributed by atoms with Gasteiger partial charge in [-0.1, -0.05) is 5.92 Å². The Balaban J connectivity index is 2.55. The molecule has 2 rings (SSSR count). The van der Waals surface area contributed by atoms with E-state index in [2.05, 4.69) is 16.9 Å². The average Bonchev–Trinajstić information content (AvgIpc) is 2.63. The van der Waals surface area contributed by atoms with Gasteiger partial charge in [-0.25, -0.2) is 4.79 Å². The fourth-order valence-electron chi connectivity index (χ4n) is 2.03. The van der Waals surface area contributed by atoms with Gasteiger partial charge in [-0.2, -0.15) is 9.78 Å². The number of aromatic amines is 1. The molecule has 1 aromatic rings. The van der Waals surface area contributed by atoms with Crippen molar-refractivity contribution in [3.05, 3.63) is 27.0 Å². The van der Waals surface area contributed by atoms with Gasteiger partial charge in [0.15, 0.2) is 6.23 Å². The number of hydrogen-bond donors (Lipinski definition) is 4. The Labute approximate surface area is 112 Å². The average molecular weight is 283 g/mol. The standard InChI is InChI=1S/C11H13N3O6/c1-2-3-11(19)8(17)6(5-15)20-9(11)14-10(18)13-7(16)4-12-14/h4,6,8-9,15,17,19H,5H2,1H3,(H,13,16,18)/t6-,8+,9-,11?/m1/s1. The van der Waals surface area contributed by atoms with Gasteiger partial charge in [0.05, 0.1) is 6.61 Å². The van der Waals surface area contributed by atoms with E-state index in [1.807, 2.05) is 4.98 Å². The van der Waals surface area contributed by atoms with Crippen molar-refractivity contribution in [3.63, 3.8) is 0 Å². The molecular formula is C11H13N3O6. The first-order valence-electron chi connectivity index (χ1n) is 5.73. The van der Waals surface area contributed by atoms with E-state index in [4.69, 9.17) is 9.84 Å². The van der Waals surface area contributed by atoms with Crippen LogP contribution in [0.25, 0.3) is 0 Å². The molecule has 1 aromatic heterocycles. The lowest BCUT2D eigenvalue weighted by Gasteiger charge is -2.25. The Morgan fingerprint density at radius 2 is 2.30 bits per heavy atom. The van der Waals surface area contributed by atoms with Crippen LogP contribution in [0, 0.1) is 11.8 Å². The summed E-state index contributed by atoms with van der Waals surface area (Å²) in [6.45, 7) is 0.848. The number of nitrogens with one attached hydrogen (secondary N) is 1. The molecule has 2 heterocycles. The van der Waals surface area contributed by atoms with Gasteiger partial charge in [-0.3, -0.25) is 9.78 Å². The number of rotatable bonds is 2. The molecule has 0 bridgehead atoms. The summed E-state index contributed by atoms with van der Waals surface area (Å²) in [6.07, 6.45) is -3.30. The predicted molar refractivity (Wildman–Crippen MR) is 64.5 cm³/mol. The molecule has 1 saturated heterocycles. The number of H-pyrrole nitrogens is 1. The van der Waals surface area contributed by atoms with E-state index in [1.54, 1.807) is 0 Å². The van der Waals surface area contributed by atoms with Crippen molar-refractivity contribution in [1.82, 2.24) is 14.8 Å². The van der Waals surface area contributed by atoms with Crippen molar-refractivity contribution < 1.29 is 20.1 Å². The van der Waals surface area contributed by atoms with Gasteiger partial charge in [-0.05, 0) is 6.92 Å². The molecular weight excluding hydrogens is 270 g/mol. The molecule has 9 nitrogen and oxygen atoms in total. The number of aliphatic hydroxyl groups is 3. The minimum Gasteiger partial charge on any atom is -0.394 e. The third kappa shape index (κ3) is 2.14. The number of aromatic nitrogens is 3. The Morgan fingerprint density at radius 3 is 2.85 bits per heavy atom. The van der Waals surface area contributed by atoms with E-state index in [0.29, 0.717) is 4.68 Å². The topological polar surface area (TPSA) is 138 Å². The molecule has 4 atom stereocenters. The van der Waals surface area contributed by atoms with Gasteiger partial charge in [-0.15, -0.1) is 5.92 Å². The summed E-state index contributed by atoms with van der Waals surface area (Å²) in [5.74, 6) is 4.77. The number of nitrogens with zero attached hydrogens (tertiary/aromatic N) is 2. The number of aliphatic hydroxyl groups excluding tert-OH is 2. The van der Waals surface area contributed by atoms with Crippen molar-refractivity contribution in [2.24, 2.45) is 0 Å². The molecule has 1 fully saturated rings. The van der Waals surface area contributed by atoms with Gasteiger partial charge in [0.1, 0.15) is 18.4 Å². The van der Waals surface area contributed by atoms with E-state index in [0.717, 1.165) is 6.20 Å². The van der Waals surface area contributed by atoms with Crippen molar-refractivity contribution in [2.75, 3.05) is 6.61 Å². The lowest BCUT2D eigenvalue weighted by atomic mass is 9.95. The second-order valence-electron chi connectivity index (χ2n) is 4.24. The van der Waals surface area contributed by atoms with Crippen LogP contribution in [-0.2, 0) is 4.74 Å². The van der Waals surface area contributed by atoms with Crippen LogP contribution < -0.4 is 11.2 Å². The van der Waals surface area contributed by atoms with Crippen LogP contribution in [0.5, 0.6) is 0 Å². The third-order valence-corrected chi connectivity index (χ3v) is 2.95. The number of hydrogen-bond acceptors (Lipinski definition) is 7. The molecule has 0 radical (unpaired) electrons. The Morgan fingerprint density at radius 1 is 1.60 bits per heavy atom. The monoisotopic (exact) mass is 283 g/mol. The predicted octanol–water partition coefficient (Wildman–Crippen LogP) is -3.06. The Hall–Kier alpha value is -1.99. The Bertz CT molecular complexity index is 671. The first kappa shape index (κ1) is 14.4.